The predicted octanol–water partition coefficient (Wildman–Crippen LogP) is 7.23. The molecule has 0 amide bonds. The van der Waals surface area contributed by atoms with Gasteiger partial charge in [-0.05, 0) is 37.6 Å². The second kappa shape index (κ2) is 25.0. The highest BCUT2D eigenvalue weighted by atomic mass is 35.5. The van der Waals surface area contributed by atoms with Crippen molar-refractivity contribution in [2.24, 2.45) is 40.6 Å². The van der Waals surface area contributed by atoms with Crippen LogP contribution in [0.1, 0.15) is 101 Å². The lowest BCUT2D eigenvalue weighted by Gasteiger charge is -2.20. The molecule has 16 atom stereocenters. The third kappa shape index (κ3) is 14.5. The number of methoxy groups -OCH3 is 1. The summed E-state index contributed by atoms with van der Waals surface area (Å²) in [6.07, 6.45) is -0.883. The van der Waals surface area contributed by atoms with Crippen LogP contribution in [0.3, 0.4) is 0 Å². The van der Waals surface area contributed by atoms with E-state index in [0.29, 0.717) is 12.8 Å². The Morgan fingerprint density at radius 3 is 1.49 bits per heavy atom. The molecule has 61 heavy (non-hydrogen) atoms. The molecule has 0 saturated carbocycles. The second-order valence-electron chi connectivity index (χ2n) is 15.0. The molecule has 5 rings (SSSR count). The maximum absolute atomic E-state index is 12.7. The lowest BCUT2D eigenvalue weighted by molar-refractivity contribution is -0.146. The van der Waals surface area contributed by atoms with E-state index in [4.69, 9.17) is 50.8 Å². The molecular weight excluding hydrogens is 864 g/mol. The molecule has 0 spiro atoms. The number of esters is 4. The first-order chi connectivity index (χ1) is 28.4. The molecule has 350 valence electrons. The summed E-state index contributed by atoms with van der Waals surface area (Å²) in [4.78, 5) is 46.0. The number of nitriles is 1. The Balaban J connectivity index is 0.000000389. The van der Waals surface area contributed by atoms with Crippen LogP contribution in [0.15, 0.2) is 5.11 Å². The van der Waals surface area contributed by atoms with Crippen molar-refractivity contribution in [2.45, 2.75) is 167 Å². The van der Waals surface area contributed by atoms with Crippen LogP contribution in [0.5, 0.6) is 0 Å². The zero-order valence-electron chi connectivity index (χ0n) is 36.2. The average Bonchev–Trinajstić information content (AvgIpc) is 3.93. The topological polar surface area (TPSA) is 240 Å². The number of carbonyl (C=O) groups excluding carboxylic acids is 4. The van der Waals surface area contributed by atoms with Crippen LogP contribution in [0.25, 0.3) is 10.4 Å². The van der Waals surface area contributed by atoms with Crippen molar-refractivity contribution in [3.8, 4) is 6.07 Å². The first-order valence-corrected chi connectivity index (χ1v) is 21.9. The number of carbonyl (C=O) groups is 4. The van der Waals surface area contributed by atoms with Crippen molar-refractivity contribution in [3.05, 3.63) is 10.4 Å². The number of halogens is 5. The molecule has 5 heterocycles. The lowest BCUT2D eigenvalue weighted by atomic mass is 9.92. The summed E-state index contributed by atoms with van der Waals surface area (Å²) < 4.78 is 105. The molecule has 5 aliphatic rings. The molecule has 23 heteroatoms. The number of cyclic esters (lactones) is 4. The van der Waals surface area contributed by atoms with Gasteiger partial charge in [-0.1, -0.05) is 74.4 Å². The van der Waals surface area contributed by atoms with Crippen molar-refractivity contribution >= 4 is 45.6 Å². The van der Waals surface area contributed by atoms with Crippen LogP contribution >= 0.6 is 11.6 Å². The molecule has 0 aromatic heterocycles. The van der Waals surface area contributed by atoms with Crippen LogP contribution in [0.2, 0.25) is 0 Å². The van der Waals surface area contributed by atoms with Crippen molar-refractivity contribution in [3.63, 3.8) is 0 Å². The van der Waals surface area contributed by atoms with E-state index in [2.05, 4.69) is 14.2 Å². The summed E-state index contributed by atoms with van der Waals surface area (Å²) in [7, 11) is -4.43. The van der Waals surface area contributed by atoms with Gasteiger partial charge in [0.15, 0.2) is 6.29 Å². The maximum Gasteiger partial charge on any atom is 0.523 e. The third-order valence-corrected chi connectivity index (χ3v) is 12.7. The number of rotatable bonds is 9. The van der Waals surface area contributed by atoms with E-state index < -0.39 is 75.5 Å². The Hall–Kier alpha value is -3.48. The molecule has 0 N–H and O–H groups in total. The van der Waals surface area contributed by atoms with Gasteiger partial charge in [-0.2, -0.15) is 26.9 Å². The Kier molecular flexibility index (Phi) is 22.7. The molecule has 5 aliphatic heterocycles. The van der Waals surface area contributed by atoms with Gasteiger partial charge in [-0.25, -0.2) is 9.18 Å². The molecule has 1 unspecified atom stereocenters. The predicted molar refractivity (Wildman–Crippen MR) is 209 cm³/mol. The van der Waals surface area contributed by atoms with Crippen molar-refractivity contribution in [2.75, 3.05) is 7.11 Å². The highest BCUT2D eigenvalue weighted by molar-refractivity contribution is 7.87. The minimum absolute atomic E-state index is 0.00148. The minimum Gasteiger partial charge on any atom is -0.462 e. The fraction of sp³-hybridized carbons (Fsp3) is 0.868. The standard InChI is InChI=1S/C9H15F3O5S.C8H11NO2.C7H11ClO2.C7H11FO2.C7H11N3O2/c1-4-6-5(2)7(8(15-3)16-6)17-18(13,14)9(10,11)12;1-3-7-5(2)6(4-9)8(10)11-7;2*1-3-5-4(2)6(8)7(9)10-5;1-3-5-4(2)6(9-10-8)7(11)12-5/h5-8H,4H2,1-3H3;5-7H,3H2,1-2H3;2*4-6H,3H2,1-2H3;4-6H,3H2,1-2H3/t5-,6-,7+,8?;5-,6+,7+;3*4-,5-,6-/m10111/s1. The highest BCUT2D eigenvalue weighted by Gasteiger charge is 2.53. The van der Waals surface area contributed by atoms with Crippen molar-refractivity contribution in [1.29, 1.82) is 5.26 Å². The minimum atomic E-state index is -5.65. The molecule has 17 nitrogen and oxygen atoms in total. The van der Waals surface area contributed by atoms with Crippen LogP contribution in [0, 0.1) is 46.8 Å². The zero-order chi connectivity index (χ0) is 47.2. The largest absolute Gasteiger partial charge is 0.523 e. The maximum atomic E-state index is 12.7. The van der Waals surface area contributed by atoms with Gasteiger partial charge in [0, 0.05) is 41.6 Å². The van der Waals surface area contributed by atoms with E-state index in [1.54, 1.807) is 20.8 Å². The molecule has 0 aliphatic carbocycles. The van der Waals surface area contributed by atoms with Gasteiger partial charge in [0.05, 0.1) is 12.2 Å². The summed E-state index contributed by atoms with van der Waals surface area (Å²) in [5.41, 5.74) is 2.72. The number of alkyl halides is 5. The number of hydrogen-bond donors (Lipinski definition) is 0. The van der Waals surface area contributed by atoms with E-state index in [1.807, 2.05) is 54.5 Å². The van der Waals surface area contributed by atoms with Gasteiger partial charge < -0.3 is 28.4 Å². The molecule has 0 aromatic rings. The average molecular weight is 923 g/mol. The van der Waals surface area contributed by atoms with E-state index in [1.165, 1.54) is 7.11 Å². The Morgan fingerprint density at radius 1 is 0.738 bits per heavy atom. The van der Waals surface area contributed by atoms with Crippen molar-refractivity contribution < 1.29 is 77.8 Å². The summed E-state index contributed by atoms with van der Waals surface area (Å²) >= 11 is 5.71. The fourth-order valence-corrected chi connectivity index (χ4v) is 7.86. The van der Waals surface area contributed by atoms with E-state index in [-0.39, 0.29) is 60.0 Å². The molecule has 0 radical (unpaired) electrons. The van der Waals surface area contributed by atoms with Crippen molar-refractivity contribution in [1.82, 2.24) is 0 Å². The smallest absolute Gasteiger partial charge is 0.462 e. The third-order valence-electron chi connectivity index (χ3n) is 11.1. The summed E-state index contributed by atoms with van der Waals surface area (Å²) in [6.45, 7) is 18.5. The SMILES string of the molecule is CC[C@H]1OC(=O)[C@H](C#N)[C@@H]1C.CC[C@H]1OC(=O)[C@H](Cl)[C@@H]1C.CC[C@H]1OC(=O)[C@H](F)[C@@H]1C.CC[C@H]1OC(=O)[C@H](N=[N+]=[N-])[C@@H]1C.CC[C@H]1OC(OC)[C@@H](OS(=O)(=O)C(F)(F)F)[C@@H]1C. The first-order valence-electron chi connectivity index (χ1n) is 20.1. The van der Waals surface area contributed by atoms with Gasteiger partial charge in [0.1, 0.15) is 47.9 Å². The normalized spacial score (nSPS) is 36.4. The molecular formula is C38H59ClF4N4O13S. The molecule has 0 bridgehead atoms. The number of hydrogen-bond acceptors (Lipinski definition) is 15. The molecule has 5 saturated heterocycles. The summed E-state index contributed by atoms with van der Waals surface area (Å²) in [5.74, 6) is -2.82. The number of nitrogens with zero attached hydrogens (tertiary/aromatic N) is 4. The number of azide groups is 1. The summed E-state index contributed by atoms with van der Waals surface area (Å²) in [6, 6.07) is 1.33. The fourth-order valence-electron chi connectivity index (χ4n) is 6.98. The van der Waals surface area contributed by atoms with Crippen LogP contribution in [-0.4, -0.2) is 105 Å². The van der Waals surface area contributed by atoms with Gasteiger partial charge >= 0.3 is 39.5 Å². The Morgan fingerprint density at radius 2 is 1.18 bits per heavy atom. The number of ether oxygens (including phenoxy) is 6. The molecule has 5 fully saturated rings. The second-order valence-corrected chi connectivity index (χ2v) is 17.1. The Labute approximate surface area is 359 Å². The first kappa shape index (κ1) is 55.5. The van der Waals surface area contributed by atoms with Gasteiger partial charge in [-0.3, -0.25) is 18.6 Å². The van der Waals surface area contributed by atoms with E-state index in [9.17, 15) is 45.2 Å². The molecule has 0 aromatic carbocycles. The summed E-state index contributed by atoms with van der Waals surface area (Å²) in [5, 5.41) is 11.5. The van der Waals surface area contributed by atoms with Crippen LogP contribution in [0.4, 0.5) is 17.6 Å². The van der Waals surface area contributed by atoms with E-state index in [0.717, 1.165) is 19.3 Å². The van der Waals surface area contributed by atoms with Crippen LogP contribution < -0.4 is 0 Å². The Bertz CT molecular complexity index is 1630. The monoisotopic (exact) mass is 922 g/mol. The van der Waals surface area contributed by atoms with Crippen LogP contribution in [-0.2, 0) is 61.9 Å². The highest BCUT2D eigenvalue weighted by Crippen LogP contribution is 2.36. The lowest BCUT2D eigenvalue weighted by Crippen LogP contribution is -2.37. The quantitative estimate of drug-likeness (QED) is 0.0255. The van der Waals surface area contributed by atoms with E-state index >= 15 is 0 Å². The van der Waals surface area contributed by atoms with Gasteiger partial charge in [-0.15, -0.1) is 11.6 Å². The van der Waals surface area contributed by atoms with Gasteiger partial charge in [0.2, 0.25) is 6.17 Å². The van der Waals surface area contributed by atoms with Gasteiger partial charge in [0.25, 0.3) is 0 Å². The zero-order valence-corrected chi connectivity index (χ0v) is 37.7.